The van der Waals surface area contributed by atoms with Crippen molar-refractivity contribution < 1.29 is 22.4 Å². The molecule has 34 heavy (non-hydrogen) atoms. The van der Waals surface area contributed by atoms with E-state index in [1.165, 1.54) is 25.3 Å². The Labute approximate surface area is 209 Å². The highest BCUT2D eigenvalue weighted by atomic mass is 79.9. The topological polar surface area (TPSA) is 72.4 Å². The molecule has 0 atom stereocenters. The average molecular weight is 602 g/mol. The number of amides is 1. The van der Waals surface area contributed by atoms with Crippen molar-refractivity contribution in [2.45, 2.75) is 44.7 Å². The highest BCUT2D eigenvalue weighted by Gasteiger charge is 2.50. The van der Waals surface area contributed by atoms with Crippen molar-refractivity contribution in [3.05, 3.63) is 38.7 Å². The summed E-state index contributed by atoms with van der Waals surface area (Å²) in [5.41, 5.74) is -1.16. The zero-order valence-corrected chi connectivity index (χ0v) is 21.1. The zero-order valence-electron chi connectivity index (χ0n) is 18.0. The third-order valence-electron chi connectivity index (χ3n) is 7.65. The molecule has 1 amide bonds. The zero-order chi connectivity index (χ0) is 23.8. The van der Waals surface area contributed by atoms with Gasteiger partial charge < -0.3 is 9.73 Å². The molecule has 180 valence electrons. The molecule has 7 rings (SSSR count). The van der Waals surface area contributed by atoms with E-state index in [1.807, 2.05) is 0 Å². The van der Waals surface area contributed by atoms with E-state index >= 15 is 0 Å². The third-order valence-corrected chi connectivity index (χ3v) is 8.81. The van der Waals surface area contributed by atoms with Gasteiger partial charge in [-0.25, -0.2) is 9.50 Å². The number of rotatable bonds is 4. The Kier molecular flexibility index (Phi) is 5.19. The summed E-state index contributed by atoms with van der Waals surface area (Å²) in [5, 5.41) is 7.01. The lowest BCUT2D eigenvalue weighted by Gasteiger charge is -2.56. The van der Waals surface area contributed by atoms with Crippen molar-refractivity contribution in [1.82, 2.24) is 19.9 Å². The van der Waals surface area contributed by atoms with Crippen LogP contribution >= 0.6 is 31.9 Å². The van der Waals surface area contributed by atoms with Gasteiger partial charge in [0.15, 0.2) is 27.5 Å². The summed E-state index contributed by atoms with van der Waals surface area (Å²) in [4.78, 5) is 17.4. The summed E-state index contributed by atoms with van der Waals surface area (Å²) < 4.78 is 48.2. The van der Waals surface area contributed by atoms with Gasteiger partial charge in [-0.1, -0.05) is 0 Å². The summed E-state index contributed by atoms with van der Waals surface area (Å²) in [7, 11) is 0. The molecule has 4 saturated carbocycles. The van der Waals surface area contributed by atoms with Crippen LogP contribution in [0.1, 0.15) is 54.7 Å². The molecule has 0 unspecified atom stereocenters. The maximum atomic E-state index is 13.9. The molecule has 0 aromatic carbocycles. The molecule has 3 aromatic heterocycles. The Hall–Kier alpha value is -1.88. The number of nitrogens with one attached hydrogen (secondary N) is 1. The standard InChI is InChI=1S/C23H21Br2F3N4O2/c24-17-2-1-15(34-17)14-6-16(23(26,27)28)32-20(30-14)18(25)19(31-32)21(33)29-10-22-7-11-3-12(8-22)5-13(4-11)9-22/h1-2,6,11-13H,3-5,7-10H2,(H,29,33). The van der Waals surface area contributed by atoms with Gasteiger partial charge >= 0.3 is 6.18 Å². The lowest BCUT2D eigenvalue weighted by atomic mass is 9.49. The molecule has 3 heterocycles. The number of carbonyl (C=O) groups is 1. The lowest BCUT2D eigenvalue weighted by Crippen LogP contribution is -2.51. The van der Waals surface area contributed by atoms with Crippen LogP contribution in [-0.4, -0.2) is 27.0 Å². The number of carbonyl (C=O) groups excluding carboxylic acids is 1. The number of fused-ring (bicyclic) bond motifs is 1. The molecule has 3 aromatic rings. The third kappa shape index (κ3) is 3.79. The SMILES string of the molecule is O=C(NCC12CC3CC(CC(C3)C1)C2)c1nn2c(C(F)(F)F)cc(-c3ccc(Br)o3)nc2c1Br. The van der Waals surface area contributed by atoms with Gasteiger partial charge in [0.25, 0.3) is 5.91 Å². The largest absolute Gasteiger partial charge is 0.448 e. The van der Waals surface area contributed by atoms with Crippen LogP contribution < -0.4 is 5.32 Å². The number of hydrogen-bond donors (Lipinski definition) is 1. The maximum absolute atomic E-state index is 13.9. The van der Waals surface area contributed by atoms with Gasteiger partial charge in [0.1, 0.15) is 5.69 Å². The van der Waals surface area contributed by atoms with Crippen molar-refractivity contribution in [2.75, 3.05) is 6.54 Å². The van der Waals surface area contributed by atoms with Gasteiger partial charge in [-0.2, -0.15) is 18.3 Å². The van der Waals surface area contributed by atoms with Crippen molar-refractivity contribution in [1.29, 1.82) is 0 Å². The van der Waals surface area contributed by atoms with E-state index in [1.54, 1.807) is 6.07 Å². The van der Waals surface area contributed by atoms with E-state index in [9.17, 15) is 18.0 Å². The van der Waals surface area contributed by atoms with Crippen molar-refractivity contribution in [3.8, 4) is 11.5 Å². The molecule has 1 N–H and O–H groups in total. The van der Waals surface area contributed by atoms with Gasteiger partial charge in [-0.05, 0) is 112 Å². The number of alkyl halides is 3. The van der Waals surface area contributed by atoms with Crippen LogP contribution in [0, 0.1) is 23.2 Å². The Balaban J connectivity index is 1.33. The number of halogens is 5. The minimum Gasteiger partial charge on any atom is -0.448 e. The molecule has 11 heteroatoms. The molecule has 0 aliphatic heterocycles. The second-order valence-corrected chi connectivity index (χ2v) is 11.7. The van der Waals surface area contributed by atoms with Gasteiger partial charge in [0.2, 0.25) is 0 Å². The van der Waals surface area contributed by atoms with Crippen LogP contribution in [0.5, 0.6) is 0 Å². The Morgan fingerprint density at radius 3 is 2.35 bits per heavy atom. The van der Waals surface area contributed by atoms with Gasteiger partial charge in [0, 0.05) is 6.54 Å². The monoisotopic (exact) mass is 600 g/mol. The Morgan fingerprint density at radius 2 is 1.79 bits per heavy atom. The predicted molar refractivity (Wildman–Crippen MR) is 124 cm³/mol. The summed E-state index contributed by atoms with van der Waals surface area (Å²) in [6, 6.07) is 3.96. The fourth-order valence-corrected chi connectivity index (χ4v) is 7.60. The fraction of sp³-hybridized carbons (Fsp3) is 0.522. The molecular weight excluding hydrogens is 581 g/mol. The van der Waals surface area contributed by atoms with E-state index in [4.69, 9.17) is 4.42 Å². The lowest BCUT2D eigenvalue weighted by molar-refractivity contribution is -0.142. The first-order valence-corrected chi connectivity index (χ1v) is 12.9. The quantitative estimate of drug-likeness (QED) is 0.372. The number of furan rings is 1. The summed E-state index contributed by atoms with van der Waals surface area (Å²) in [6.45, 7) is 0.529. The van der Waals surface area contributed by atoms with Crippen molar-refractivity contribution in [3.63, 3.8) is 0 Å². The first-order valence-electron chi connectivity index (χ1n) is 11.3. The van der Waals surface area contributed by atoms with Crippen molar-refractivity contribution in [2.24, 2.45) is 23.2 Å². The smallest absolute Gasteiger partial charge is 0.433 e. The summed E-state index contributed by atoms with van der Waals surface area (Å²) in [6.07, 6.45) is 2.54. The highest BCUT2D eigenvalue weighted by molar-refractivity contribution is 9.10. The number of hydrogen-bond acceptors (Lipinski definition) is 4. The van der Waals surface area contributed by atoms with Crippen LogP contribution in [-0.2, 0) is 6.18 Å². The van der Waals surface area contributed by atoms with Gasteiger partial charge in [0.05, 0.1) is 4.47 Å². The summed E-state index contributed by atoms with van der Waals surface area (Å²) >= 11 is 6.44. The fourth-order valence-electron chi connectivity index (χ4n) is 6.77. The molecule has 6 nitrogen and oxygen atoms in total. The Morgan fingerprint density at radius 1 is 1.15 bits per heavy atom. The normalized spacial score (nSPS) is 28.1. The predicted octanol–water partition coefficient (Wildman–Crippen LogP) is 6.48. The van der Waals surface area contributed by atoms with Crippen LogP contribution in [0.25, 0.3) is 17.1 Å². The second-order valence-electron chi connectivity index (χ2n) is 10.1. The summed E-state index contributed by atoms with van der Waals surface area (Å²) in [5.74, 6) is 1.89. The number of nitrogens with zero attached hydrogens (tertiary/aromatic N) is 3. The average Bonchev–Trinajstić information content (AvgIpc) is 3.33. The maximum Gasteiger partial charge on any atom is 0.433 e. The first-order chi connectivity index (χ1) is 16.1. The van der Waals surface area contributed by atoms with Gasteiger partial charge in [-0.15, -0.1) is 0 Å². The van der Waals surface area contributed by atoms with Crippen LogP contribution in [0.4, 0.5) is 13.2 Å². The van der Waals surface area contributed by atoms with Crippen LogP contribution in [0.3, 0.4) is 0 Å². The second kappa shape index (κ2) is 7.81. The molecule has 0 radical (unpaired) electrons. The van der Waals surface area contributed by atoms with Crippen LogP contribution in [0.15, 0.2) is 31.8 Å². The molecule has 0 spiro atoms. The molecule has 4 aliphatic rings. The van der Waals surface area contributed by atoms with Gasteiger partial charge in [-0.3, -0.25) is 4.79 Å². The molecule has 4 fully saturated rings. The molecular formula is C23H21Br2F3N4O2. The van der Waals surface area contributed by atoms with E-state index in [2.05, 4.69) is 47.3 Å². The van der Waals surface area contributed by atoms with Crippen molar-refractivity contribution >= 4 is 43.4 Å². The first kappa shape index (κ1) is 22.6. The van der Waals surface area contributed by atoms with Crippen LogP contribution in [0.2, 0.25) is 0 Å². The molecule has 4 aliphatic carbocycles. The van der Waals surface area contributed by atoms with E-state index in [0.717, 1.165) is 43.1 Å². The molecule has 4 bridgehead atoms. The van der Waals surface area contributed by atoms with E-state index < -0.39 is 17.8 Å². The number of aromatic nitrogens is 3. The minimum absolute atomic E-state index is 0.00773. The Bertz CT molecular complexity index is 1260. The molecule has 0 saturated heterocycles. The van der Waals surface area contributed by atoms with E-state index in [0.29, 0.717) is 15.7 Å². The highest BCUT2D eigenvalue weighted by Crippen LogP contribution is 2.59. The van der Waals surface area contributed by atoms with E-state index in [-0.39, 0.29) is 32.7 Å². The minimum atomic E-state index is -4.71.